The summed E-state index contributed by atoms with van der Waals surface area (Å²) >= 11 is 6.22. The van der Waals surface area contributed by atoms with Crippen LogP contribution in [0.2, 0.25) is 5.02 Å². The minimum Gasteiger partial charge on any atom is -0.479 e. The number of carbonyl (C=O) groups excluding carboxylic acids is 2. The third-order valence-electron chi connectivity index (χ3n) is 4.99. The average molecular weight is 451 g/mol. The number of halogens is 1. The van der Waals surface area contributed by atoms with E-state index in [0.29, 0.717) is 11.4 Å². The van der Waals surface area contributed by atoms with E-state index in [2.05, 4.69) is 10.3 Å². The number of pyridine rings is 1. The first-order valence-corrected chi connectivity index (χ1v) is 11.1. The molecule has 0 saturated carbocycles. The van der Waals surface area contributed by atoms with Gasteiger partial charge < -0.3 is 15.0 Å². The molecule has 0 aliphatic carbocycles. The van der Waals surface area contributed by atoms with Crippen molar-refractivity contribution in [3.63, 3.8) is 0 Å². The van der Waals surface area contributed by atoms with Crippen molar-refractivity contribution in [2.45, 2.75) is 17.9 Å². The number of hydrogen-bond donors (Lipinski definition) is 1. The van der Waals surface area contributed by atoms with Crippen LogP contribution in [0.15, 0.2) is 41.4 Å². The molecule has 1 atom stereocenters. The predicted molar refractivity (Wildman–Crippen MR) is 109 cm³/mol. The van der Waals surface area contributed by atoms with Crippen molar-refractivity contribution in [2.24, 2.45) is 0 Å². The van der Waals surface area contributed by atoms with Crippen LogP contribution < -0.4 is 10.1 Å². The Balaban J connectivity index is 1.52. The van der Waals surface area contributed by atoms with E-state index >= 15 is 0 Å². The topological polar surface area (TPSA) is 109 Å². The number of ether oxygens (including phenoxy) is 1. The van der Waals surface area contributed by atoms with Gasteiger partial charge in [-0.05, 0) is 25.1 Å². The number of aromatic nitrogens is 1. The van der Waals surface area contributed by atoms with Gasteiger partial charge in [0.25, 0.3) is 11.8 Å². The third-order valence-corrected chi connectivity index (χ3v) is 7.36. The number of rotatable bonds is 3. The number of nitrogens with one attached hydrogen (secondary N) is 1. The third kappa shape index (κ3) is 3.73. The molecule has 1 fully saturated rings. The van der Waals surface area contributed by atoms with Crippen LogP contribution in [0, 0.1) is 0 Å². The Morgan fingerprint density at radius 3 is 2.63 bits per heavy atom. The lowest BCUT2D eigenvalue weighted by atomic mass is 10.2. The highest BCUT2D eigenvalue weighted by Crippen LogP contribution is 2.38. The first kappa shape index (κ1) is 20.6. The smallest absolute Gasteiger partial charge is 0.272 e. The Bertz CT molecular complexity index is 1100. The summed E-state index contributed by atoms with van der Waals surface area (Å²) < 4.78 is 33.1. The fourth-order valence-corrected chi connectivity index (χ4v) is 5.27. The van der Waals surface area contributed by atoms with E-state index in [1.165, 1.54) is 22.6 Å². The summed E-state index contributed by atoms with van der Waals surface area (Å²) in [7, 11) is -3.92. The van der Waals surface area contributed by atoms with E-state index < -0.39 is 16.1 Å². The second kappa shape index (κ2) is 7.86. The molecule has 2 aliphatic rings. The monoisotopic (exact) mass is 450 g/mol. The first-order chi connectivity index (χ1) is 14.3. The molecule has 0 bridgehead atoms. The molecule has 4 rings (SSSR count). The van der Waals surface area contributed by atoms with Crippen molar-refractivity contribution in [1.82, 2.24) is 14.2 Å². The average Bonchev–Trinajstić information content (AvgIpc) is 2.74. The Morgan fingerprint density at radius 1 is 1.23 bits per heavy atom. The van der Waals surface area contributed by atoms with Crippen LogP contribution in [-0.2, 0) is 14.8 Å². The van der Waals surface area contributed by atoms with Gasteiger partial charge in [-0.3, -0.25) is 14.6 Å². The molecular formula is C19H19ClN4O5S. The molecule has 1 saturated heterocycles. The highest BCUT2D eigenvalue weighted by Gasteiger charge is 2.34. The van der Waals surface area contributed by atoms with E-state index in [4.69, 9.17) is 16.3 Å². The molecule has 9 nitrogen and oxygen atoms in total. The molecule has 11 heteroatoms. The summed E-state index contributed by atoms with van der Waals surface area (Å²) in [5, 5.41) is 2.62. The second-order valence-electron chi connectivity index (χ2n) is 6.94. The molecule has 1 aromatic carbocycles. The molecule has 0 unspecified atom stereocenters. The minimum absolute atomic E-state index is 0.0146. The van der Waals surface area contributed by atoms with Crippen molar-refractivity contribution >= 4 is 39.1 Å². The summed E-state index contributed by atoms with van der Waals surface area (Å²) in [5.41, 5.74) is 0.646. The molecule has 2 aromatic rings. The molecule has 30 heavy (non-hydrogen) atoms. The number of anilines is 1. The quantitative estimate of drug-likeness (QED) is 0.760. The summed E-state index contributed by atoms with van der Waals surface area (Å²) in [6.07, 6.45) is 0.799. The number of benzene rings is 1. The number of amides is 2. The van der Waals surface area contributed by atoms with Crippen LogP contribution in [0.25, 0.3) is 0 Å². The Kier molecular flexibility index (Phi) is 5.39. The highest BCUT2D eigenvalue weighted by molar-refractivity contribution is 7.89. The molecule has 1 N–H and O–H groups in total. The molecular weight excluding hydrogens is 432 g/mol. The largest absolute Gasteiger partial charge is 0.479 e. The van der Waals surface area contributed by atoms with Gasteiger partial charge in [-0.25, -0.2) is 8.42 Å². The Hall–Kier alpha value is -2.69. The van der Waals surface area contributed by atoms with Crippen LogP contribution in [-0.4, -0.2) is 66.7 Å². The van der Waals surface area contributed by atoms with Gasteiger partial charge in [0, 0.05) is 38.4 Å². The molecule has 2 amide bonds. The van der Waals surface area contributed by atoms with E-state index in [-0.39, 0.29) is 53.7 Å². The number of fused-ring (bicyclic) bond motifs is 1. The van der Waals surface area contributed by atoms with Crippen molar-refractivity contribution < 1.29 is 22.7 Å². The van der Waals surface area contributed by atoms with Crippen molar-refractivity contribution in [3.8, 4) is 5.75 Å². The Labute approximate surface area is 178 Å². The second-order valence-corrected chi connectivity index (χ2v) is 9.25. The maximum atomic E-state index is 13.2. The fourth-order valence-electron chi connectivity index (χ4n) is 3.33. The molecule has 0 radical (unpaired) electrons. The van der Waals surface area contributed by atoms with Crippen LogP contribution in [0.5, 0.6) is 5.75 Å². The lowest BCUT2D eigenvalue weighted by molar-refractivity contribution is -0.122. The minimum atomic E-state index is -3.92. The summed E-state index contributed by atoms with van der Waals surface area (Å²) in [6, 6.07) is 7.77. The zero-order chi connectivity index (χ0) is 21.5. The van der Waals surface area contributed by atoms with Crippen LogP contribution in [0.3, 0.4) is 0 Å². The van der Waals surface area contributed by atoms with E-state index in [1.807, 2.05) is 0 Å². The highest BCUT2D eigenvalue weighted by atomic mass is 35.5. The predicted octanol–water partition coefficient (Wildman–Crippen LogP) is 1.60. The zero-order valence-corrected chi connectivity index (χ0v) is 17.6. The number of piperazine rings is 1. The lowest BCUT2D eigenvalue weighted by Gasteiger charge is -2.34. The van der Waals surface area contributed by atoms with Gasteiger partial charge in [0.1, 0.15) is 16.3 Å². The van der Waals surface area contributed by atoms with Gasteiger partial charge in [-0.2, -0.15) is 4.31 Å². The van der Waals surface area contributed by atoms with Crippen molar-refractivity contribution in [2.75, 3.05) is 31.5 Å². The number of sulfonamides is 1. The fraction of sp³-hybridized carbons (Fsp3) is 0.316. The number of carbonyl (C=O) groups is 2. The van der Waals surface area contributed by atoms with Crippen LogP contribution >= 0.6 is 11.6 Å². The van der Waals surface area contributed by atoms with Gasteiger partial charge in [-0.1, -0.05) is 17.7 Å². The van der Waals surface area contributed by atoms with Gasteiger partial charge in [0.15, 0.2) is 6.10 Å². The van der Waals surface area contributed by atoms with Gasteiger partial charge in [0.05, 0.1) is 10.7 Å². The van der Waals surface area contributed by atoms with Gasteiger partial charge in [0.2, 0.25) is 10.0 Å². The van der Waals surface area contributed by atoms with Crippen LogP contribution in [0.4, 0.5) is 5.69 Å². The zero-order valence-electron chi connectivity index (χ0n) is 16.0. The van der Waals surface area contributed by atoms with E-state index in [9.17, 15) is 18.0 Å². The normalized spacial score (nSPS) is 19.6. The maximum Gasteiger partial charge on any atom is 0.272 e. The standard InChI is InChI=1S/C19H19ClN4O5S/c1-12-18(25)22-15-10-13(20)17(11-16(15)29-12)30(27,28)24-8-6-23(7-9-24)19(26)14-4-2-3-5-21-14/h2-5,10-12H,6-9H2,1H3,(H,22,25)/t12-/m0/s1. The number of nitrogens with zero attached hydrogens (tertiary/aromatic N) is 3. The van der Waals surface area contributed by atoms with Gasteiger partial charge >= 0.3 is 0 Å². The number of hydrogen-bond acceptors (Lipinski definition) is 6. The van der Waals surface area contributed by atoms with Crippen LogP contribution in [0.1, 0.15) is 17.4 Å². The lowest BCUT2D eigenvalue weighted by Crippen LogP contribution is -2.50. The molecule has 3 heterocycles. The van der Waals surface area contributed by atoms with Gasteiger partial charge in [-0.15, -0.1) is 0 Å². The maximum absolute atomic E-state index is 13.2. The molecule has 2 aliphatic heterocycles. The van der Waals surface area contributed by atoms with E-state index in [1.54, 1.807) is 30.0 Å². The summed E-state index contributed by atoms with van der Waals surface area (Å²) in [4.78, 5) is 29.8. The van der Waals surface area contributed by atoms with Crippen molar-refractivity contribution in [3.05, 3.63) is 47.2 Å². The molecule has 1 aromatic heterocycles. The first-order valence-electron chi connectivity index (χ1n) is 9.29. The molecule has 0 spiro atoms. The summed E-state index contributed by atoms with van der Waals surface area (Å²) in [6.45, 7) is 2.30. The molecule has 158 valence electrons. The van der Waals surface area contributed by atoms with Crippen molar-refractivity contribution in [1.29, 1.82) is 0 Å². The summed E-state index contributed by atoms with van der Waals surface area (Å²) in [5.74, 6) is -0.325. The SMILES string of the molecule is C[C@@H]1Oc2cc(S(=O)(=O)N3CCN(C(=O)c4ccccn4)CC3)c(Cl)cc2NC1=O. The Morgan fingerprint density at radius 2 is 1.97 bits per heavy atom. The van der Waals surface area contributed by atoms with E-state index in [0.717, 1.165) is 0 Å².